The Bertz CT molecular complexity index is 979. The van der Waals surface area contributed by atoms with E-state index >= 15 is 0 Å². The van der Waals surface area contributed by atoms with E-state index in [2.05, 4.69) is 15.5 Å². The Morgan fingerprint density at radius 2 is 1.94 bits per heavy atom. The Labute approximate surface area is 185 Å². The summed E-state index contributed by atoms with van der Waals surface area (Å²) in [4.78, 5) is 39.4. The van der Waals surface area contributed by atoms with Gasteiger partial charge in [-0.1, -0.05) is 24.3 Å². The number of nitrogens with two attached hydrogens (primary N) is 1. The van der Waals surface area contributed by atoms with Gasteiger partial charge >= 0.3 is 0 Å². The lowest BCUT2D eigenvalue weighted by atomic mass is 9.97. The van der Waals surface area contributed by atoms with Crippen molar-refractivity contribution in [1.29, 1.82) is 0 Å². The molecule has 0 aliphatic carbocycles. The van der Waals surface area contributed by atoms with Gasteiger partial charge in [-0.3, -0.25) is 19.3 Å². The number of hydrogen-bond acceptors (Lipinski definition) is 5. The lowest BCUT2D eigenvalue weighted by Crippen LogP contribution is -2.40. The highest BCUT2D eigenvalue weighted by molar-refractivity contribution is 8.01. The number of amides is 3. The summed E-state index contributed by atoms with van der Waals surface area (Å²) in [7, 11) is 0. The van der Waals surface area contributed by atoms with Crippen molar-refractivity contribution in [2.45, 2.75) is 36.0 Å². The Hall–Kier alpha value is -2.84. The van der Waals surface area contributed by atoms with Gasteiger partial charge in [0.1, 0.15) is 0 Å². The number of hydrogen-bond donors (Lipinski definition) is 3. The molecule has 1 fully saturated rings. The number of piperidine rings is 1. The van der Waals surface area contributed by atoms with Crippen LogP contribution in [0.25, 0.3) is 0 Å². The third-order valence-corrected chi connectivity index (χ3v) is 6.90. The van der Waals surface area contributed by atoms with E-state index in [4.69, 9.17) is 5.73 Å². The van der Waals surface area contributed by atoms with Gasteiger partial charge in [0.25, 0.3) is 0 Å². The van der Waals surface area contributed by atoms with Crippen molar-refractivity contribution >= 4 is 40.9 Å². The maximum atomic E-state index is 12.5. The molecule has 2 aliphatic heterocycles. The second-order valence-electron chi connectivity index (χ2n) is 8.02. The highest BCUT2D eigenvalue weighted by Gasteiger charge is 2.29. The van der Waals surface area contributed by atoms with Crippen LogP contribution < -0.4 is 16.4 Å². The van der Waals surface area contributed by atoms with E-state index in [1.807, 2.05) is 48.5 Å². The SMILES string of the molecule is NC(=O)C1CCCN(Cc2ccc(NC(=O)CC3Sc4ccccc4NC3=O)cc2)C1. The van der Waals surface area contributed by atoms with Gasteiger partial charge in [0.05, 0.1) is 16.9 Å². The number of benzene rings is 2. The monoisotopic (exact) mass is 438 g/mol. The molecule has 162 valence electrons. The zero-order chi connectivity index (χ0) is 21.8. The fraction of sp³-hybridized carbons (Fsp3) is 0.348. The highest BCUT2D eigenvalue weighted by Crippen LogP contribution is 2.36. The normalized spacial score (nSPS) is 21.1. The van der Waals surface area contributed by atoms with Crippen LogP contribution in [0.2, 0.25) is 0 Å². The van der Waals surface area contributed by atoms with E-state index in [0.29, 0.717) is 12.2 Å². The molecule has 0 aromatic heterocycles. The molecular weight excluding hydrogens is 412 g/mol. The van der Waals surface area contributed by atoms with E-state index in [9.17, 15) is 14.4 Å². The van der Waals surface area contributed by atoms with Crippen molar-refractivity contribution in [1.82, 2.24) is 4.90 Å². The van der Waals surface area contributed by atoms with Crippen LogP contribution in [-0.2, 0) is 20.9 Å². The first-order valence-electron chi connectivity index (χ1n) is 10.4. The average Bonchev–Trinajstić information content (AvgIpc) is 2.76. The minimum absolute atomic E-state index is 0.0749. The molecule has 31 heavy (non-hydrogen) atoms. The number of fused-ring (bicyclic) bond motifs is 1. The van der Waals surface area contributed by atoms with Gasteiger partial charge in [-0.25, -0.2) is 0 Å². The smallest absolute Gasteiger partial charge is 0.238 e. The van der Waals surface area contributed by atoms with E-state index < -0.39 is 5.25 Å². The number of para-hydroxylation sites is 1. The summed E-state index contributed by atoms with van der Waals surface area (Å²) in [5.74, 6) is -0.643. The van der Waals surface area contributed by atoms with E-state index in [0.717, 1.165) is 42.1 Å². The summed E-state index contributed by atoms with van der Waals surface area (Å²) in [5, 5.41) is 5.29. The molecule has 7 nitrogen and oxygen atoms in total. The molecule has 2 atom stereocenters. The number of carbonyl (C=O) groups is 3. The minimum atomic E-state index is -0.452. The van der Waals surface area contributed by atoms with Gasteiger partial charge < -0.3 is 16.4 Å². The number of primary amides is 1. The van der Waals surface area contributed by atoms with E-state index in [1.54, 1.807) is 0 Å². The van der Waals surface area contributed by atoms with Gasteiger partial charge in [0, 0.05) is 30.1 Å². The molecule has 0 saturated carbocycles. The van der Waals surface area contributed by atoms with Crippen LogP contribution in [0.3, 0.4) is 0 Å². The Kier molecular flexibility index (Phi) is 6.58. The summed E-state index contributed by atoms with van der Waals surface area (Å²) < 4.78 is 0. The number of likely N-dealkylation sites (tertiary alicyclic amines) is 1. The zero-order valence-corrected chi connectivity index (χ0v) is 18.0. The standard InChI is InChI=1S/C23H26N4O3S/c24-22(29)16-4-3-11-27(14-16)13-15-7-9-17(10-8-15)25-21(28)12-20-23(30)26-18-5-1-2-6-19(18)31-20/h1-2,5-10,16,20H,3-4,11-14H2,(H2,24,29)(H,25,28)(H,26,30). The van der Waals surface area contributed by atoms with Gasteiger partial charge in [-0.2, -0.15) is 0 Å². The number of anilines is 2. The molecular formula is C23H26N4O3S. The van der Waals surface area contributed by atoms with E-state index in [-0.39, 0.29) is 30.1 Å². The number of carbonyl (C=O) groups excluding carboxylic acids is 3. The third-order valence-electron chi connectivity index (χ3n) is 5.63. The number of nitrogens with one attached hydrogen (secondary N) is 2. The predicted molar refractivity (Wildman–Crippen MR) is 122 cm³/mol. The van der Waals surface area contributed by atoms with Crippen LogP contribution in [-0.4, -0.2) is 41.0 Å². The van der Waals surface area contributed by atoms with Crippen LogP contribution in [0.4, 0.5) is 11.4 Å². The van der Waals surface area contributed by atoms with Crippen molar-refractivity contribution in [2.75, 3.05) is 23.7 Å². The molecule has 2 aromatic rings. The zero-order valence-electron chi connectivity index (χ0n) is 17.2. The lowest BCUT2D eigenvalue weighted by molar-refractivity contribution is -0.123. The number of rotatable bonds is 6. The topological polar surface area (TPSA) is 105 Å². The van der Waals surface area contributed by atoms with Crippen LogP contribution in [0, 0.1) is 5.92 Å². The third kappa shape index (κ3) is 5.45. The number of thioether (sulfide) groups is 1. The van der Waals surface area contributed by atoms with E-state index in [1.165, 1.54) is 11.8 Å². The fourth-order valence-electron chi connectivity index (χ4n) is 3.99. The molecule has 2 aromatic carbocycles. The Morgan fingerprint density at radius 1 is 1.16 bits per heavy atom. The molecule has 4 rings (SSSR count). The molecule has 2 heterocycles. The molecule has 0 bridgehead atoms. The van der Waals surface area contributed by atoms with Crippen LogP contribution in [0.5, 0.6) is 0 Å². The summed E-state index contributed by atoms with van der Waals surface area (Å²) in [6.07, 6.45) is 1.94. The van der Waals surface area contributed by atoms with Crippen LogP contribution in [0.1, 0.15) is 24.8 Å². The molecule has 3 amide bonds. The van der Waals surface area contributed by atoms with Gasteiger partial charge in [-0.15, -0.1) is 11.8 Å². The summed E-state index contributed by atoms with van der Waals surface area (Å²) in [5.41, 5.74) is 8.06. The predicted octanol–water partition coefficient (Wildman–Crippen LogP) is 2.83. The Balaban J connectivity index is 1.29. The summed E-state index contributed by atoms with van der Waals surface area (Å²) >= 11 is 1.42. The second-order valence-corrected chi connectivity index (χ2v) is 9.26. The first-order chi connectivity index (χ1) is 15.0. The maximum absolute atomic E-state index is 12.5. The molecule has 1 saturated heterocycles. The first kappa shape index (κ1) is 21.4. The van der Waals surface area contributed by atoms with Gasteiger partial charge in [0.15, 0.2) is 0 Å². The largest absolute Gasteiger partial charge is 0.369 e. The average molecular weight is 439 g/mol. The van der Waals surface area contributed by atoms with Gasteiger partial charge in [-0.05, 0) is 49.2 Å². The quantitative estimate of drug-likeness (QED) is 0.643. The molecule has 4 N–H and O–H groups in total. The molecule has 8 heteroatoms. The minimum Gasteiger partial charge on any atom is -0.369 e. The van der Waals surface area contributed by atoms with Crippen molar-refractivity contribution in [3.8, 4) is 0 Å². The Morgan fingerprint density at radius 3 is 2.71 bits per heavy atom. The van der Waals surface area contributed by atoms with Crippen molar-refractivity contribution in [2.24, 2.45) is 11.7 Å². The van der Waals surface area contributed by atoms with Crippen LogP contribution in [0.15, 0.2) is 53.4 Å². The number of nitrogens with zero attached hydrogens (tertiary/aromatic N) is 1. The molecule has 2 unspecified atom stereocenters. The van der Waals surface area contributed by atoms with Crippen molar-refractivity contribution in [3.05, 3.63) is 54.1 Å². The van der Waals surface area contributed by atoms with Crippen LogP contribution >= 0.6 is 11.8 Å². The van der Waals surface area contributed by atoms with Crippen molar-refractivity contribution in [3.63, 3.8) is 0 Å². The maximum Gasteiger partial charge on any atom is 0.238 e. The van der Waals surface area contributed by atoms with Gasteiger partial charge in [0.2, 0.25) is 17.7 Å². The molecule has 0 radical (unpaired) electrons. The molecule has 2 aliphatic rings. The highest BCUT2D eigenvalue weighted by atomic mass is 32.2. The summed E-state index contributed by atoms with van der Waals surface area (Å²) in [6, 6.07) is 15.3. The lowest BCUT2D eigenvalue weighted by Gasteiger charge is -2.31. The summed E-state index contributed by atoms with van der Waals surface area (Å²) in [6.45, 7) is 2.39. The molecule has 0 spiro atoms. The fourth-order valence-corrected chi connectivity index (χ4v) is 5.10. The second kappa shape index (κ2) is 9.53. The van der Waals surface area contributed by atoms with Crippen molar-refractivity contribution < 1.29 is 14.4 Å². The first-order valence-corrected chi connectivity index (χ1v) is 11.3.